The Hall–Kier alpha value is -2.08. The van der Waals surface area contributed by atoms with E-state index in [1.54, 1.807) is 0 Å². The zero-order valence-corrected chi connectivity index (χ0v) is 11.8. The molecule has 6 heteroatoms. The summed E-state index contributed by atoms with van der Waals surface area (Å²) >= 11 is 0. The minimum atomic E-state index is -0.968. The summed E-state index contributed by atoms with van der Waals surface area (Å²) in [6.45, 7) is 0.857. The van der Waals surface area contributed by atoms with E-state index in [-0.39, 0.29) is 19.2 Å². The molecule has 1 fully saturated rings. The molecule has 1 aromatic rings. The molecule has 1 saturated heterocycles. The Morgan fingerprint density at radius 2 is 2.00 bits per heavy atom. The van der Waals surface area contributed by atoms with Crippen LogP contribution in [0, 0.1) is 0 Å². The van der Waals surface area contributed by atoms with E-state index >= 15 is 0 Å². The zero-order chi connectivity index (χ0) is 15.2. The van der Waals surface area contributed by atoms with Crippen molar-refractivity contribution in [1.82, 2.24) is 9.80 Å². The fraction of sp³-hybridized carbons (Fsp3) is 0.467. The molecule has 0 saturated carbocycles. The zero-order valence-electron chi connectivity index (χ0n) is 11.8. The lowest BCUT2D eigenvalue weighted by Gasteiger charge is -2.30. The van der Waals surface area contributed by atoms with Crippen LogP contribution in [0.4, 0.5) is 4.79 Å². The predicted molar refractivity (Wildman–Crippen MR) is 76.7 cm³/mol. The molecule has 114 valence electrons. The molecule has 0 aliphatic carbocycles. The molecule has 2 amide bonds. The van der Waals surface area contributed by atoms with Crippen LogP contribution < -0.4 is 0 Å². The Kier molecular flexibility index (Phi) is 5.16. The van der Waals surface area contributed by atoms with Crippen molar-refractivity contribution in [2.75, 3.05) is 19.7 Å². The van der Waals surface area contributed by atoms with Gasteiger partial charge in [-0.3, -0.25) is 0 Å². The average molecular weight is 292 g/mol. The quantitative estimate of drug-likeness (QED) is 0.853. The van der Waals surface area contributed by atoms with Crippen molar-refractivity contribution in [3.8, 4) is 0 Å². The fourth-order valence-corrected chi connectivity index (χ4v) is 2.60. The van der Waals surface area contributed by atoms with Crippen LogP contribution >= 0.6 is 0 Å². The molecular formula is C15H20N2O4. The molecule has 1 heterocycles. The monoisotopic (exact) mass is 292 g/mol. The number of benzene rings is 1. The average Bonchev–Trinajstić information content (AvgIpc) is 2.97. The van der Waals surface area contributed by atoms with Crippen molar-refractivity contribution in [2.45, 2.75) is 25.4 Å². The van der Waals surface area contributed by atoms with Gasteiger partial charge in [0.05, 0.1) is 6.61 Å². The van der Waals surface area contributed by atoms with Crippen molar-refractivity contribution < 1.29 is 19.8 Å². The van der Waals surface area contributed by atoms with E-state index in [2.05, 4.69) is 0 Å². The largest absolute Gasteiger partial charge is 0.480 e. The first-order valence-electron chi connectivity index (χ1n) is 7.06. The van der Waals surface area contributed by atoms with Crippen LogP contribution in [-0.2, 0) is 11.3 Å². The summed E-state index contributed by atoms with van der Waals surface area (Å²) < 4.78 is 0. The van der Waals surface area contributed by atoms with Gasteiger partial charge in [-0.15, -0.1) is 0 Å². The van der Waals surface area contributed by atoms with Gasteiger partial charge in [-0.05, 0) is 18.4 Å². The van der Waals surface area contributed by atoms with E-state index in [0.717, 1.165) is 5.56 Å². The van der Waals surface area contributed by atoms with Gasteiger partial charge in [-0.1, -0.05) is 30.3 Å². The fourth-order valence-electron chi connectivity index (χ4n) is 2.60. The first kappa shape index (κ1) is 15.3. The topological polar surface area (TPSA) is 81.1 Å². The predicted octanol–water partition coefficient (Wildman–Crippen LogP) is 1.15. The molecule has 6 nitrogen and oxygen atoms in total. The van der Waals surface area contributed by atoms with Gasteiger partial charge < -0.3 is 20.0 Å². The minimum absolute atomic E-state index is 0.149. The van der Waals surface area contributed by atoms with Gasteiger partial charge in [0.25, 0.3) is 0 Å². The first-order valence-corrected chi connectivity index (χ1v) is 7.06. The number of amides is 2. The number of hydrogen-bond acceptors (Lipinski definition) is 3. The summed E-state index contributed by atoms with van der Waals surface area (Å²) in [5.41, 5.74) is 0.949. The number of aliphatic hydroxyl groups is 1. The number of carbonyl (C=O) groups excluding carboxylic acids is 1. The smallest absolute Gasteiger partial charge is 0.326 e. The third-order valence-corrected chi connectivity index (χ3v) is 3.64. The second-order valence-electron chi connectivity index (χ2n) is 5.10. The SMILES string of the molecule is O=C(O)C1CCCN1C(=O)N(CCO)Cc1ccccc1. The summed E-state index contributed by atoms with van der Waals surface area (Å²) in [7, 11) is 0. The standard InChI is InChI=1S/C15H20N2O4/c18-10-9-16(11-12-5-2-1-3-6-12)15(21)17-8-4-7-13(17)14(19)20/h1-3,5-6,13,18H,4,7-11H2,(H,19,20). The van der Waals surface area contributed by atoms with Gasteiger partial charge in [0.2, 0.25) is 0 Å². The molecule has 21 heavy (non-hydrogen) atoms. The van der Waals surface area contributed by atoms with Crippen LogP contribution in [0.5, 0.6) is 0 Å². The normalized spacial score (nSPS) is 17.8. The molecule has 0 spiro atoms. The molecule has 2 N–H and O–H groups in total. The Morgan fingerprint density at radius 1 is 1.29 bits per heavy atom. The van der Waals surface area contributed by atoms with E-state index in [9.17, 15) is 14.7 Å². The number of hydrogen-bond donors (Lipinski definition) is 2. The van der Waals surface area contributed by atoms with E-state index in [1.807, 2.05) is 30.3 Å². The van der Waals surface area contributed by atoms with Crippen molar-refractivity contribution in [3.05, 3.63) is 35.9 Å². The second kappa shape index (κ2) is 7.08. The van der Waals surface area contributed by atoms with Crippen LogP contribution in [0.2, 0.25) is 0 Å². The van der Waals surface area contributed by atoms with E-state index in [4.69, 9.17) is 5.11 Å². The van der Waals surface area contributed by atoms with Crippen LogP contribution in [0.15, 0.2) is 30.3 Å². The van der Waals surface area contributed by atoms with Crippen LogP contribution in [0.1, 0.15) is 18.4 Å². The first-order chi connectivity index (χ1) is 10.1. The molecular weight excluding hydrogens is 272 g/mol. The number of carboxylic acid groups (broad SMARTS) is 1. The molecule has 0 radical (unpaired) electrons. The van der Waals surface area contributed by atoms with Gasteiger partial charge in [-0.25, -0.2) is 9.59 Å². The van der Waals surface area contributed by atoms with Crippen molar-refractivity contribution in [2.24, 2.45) is 0 Å². The summed E-state index contributed by atoms with van der Waals surface area (Å²) in [5.74, 6) is -0.968. The molecule has 2 rings (SSSR count). The Bertz CT molecular complexity index is 492. The van der Waals surface area contributed by atoms with E-state index in [1.165, 1.54) is 9.80 Å². The Morgan fingerprint density at radius 3 is 2.62 bits per heavy atom. The number of carboxylic acids is 1. The molecule has 0 bridgehead atoms. The maximum Gasteiger partial charge on any atom is 0.326 e. The number of rotatable bonds is 5. The highest BCUT2D eigenvalue weighted by atomic mass is 16.4. The van der Waals surface area contributed by atoms with Crippen LogP contribution in [0.25, 0.3) is 0 Å². The number of carbonyl (C=O) groups is 2. The van der Waals surface area contributed by atoms with Crippen molar-refractivity contribution in [3.63, 3.8) is 0 Å². The molecule has 1 atom stereocenters. The van der Waals surface area contributed by atoms with Gasteiger partial charge in [0.15, 0.2) is 0 Å². The van der Waals surface area contributed by atoms with Gasteiger partial charge in [0.1, 0.15) is 6.04 Å². The Labute approximate surface area is 123 Å². The third-order valence-electron chi connectivity index (χ3n) is 3.64. The molecule has 1 aromatic carbocycles. The summed E-state index contributed by atoms with van der Waals surface area (Å²) in [6, 6.07) is 8.38. The number of nitrogens with zero attached hydrogens (tertiary/aromatic N) is 2. The summed E-state index contributed by atoms with van der Waals surface area (Å²) in [4.78, 5) is 26.6. The van der Waals surface area contributed by atoms with Crippen molar-refractivity contribution >= 4 is 12.0 Å². The summed E-state index contributed by atoms with van der Waals surface area (Å²) in [5, 5.41) is 18.3. The second-order valence-corrected chi connectivity index (χ2v) is 5.10. The molecule has 0 aromatic heterocycles. The van der Waals surface area contributed by atoms with E-state index in [0.29, 0.717) is 25.9 Å². The number of aliphatic carboxylic acids is 1. The van der Waals surface area contributed by atoms with E-state index < -0.39 is 12.0 Å². The lowest BCUT2D eigenvalue weighted by atomic mass is 10.2. The van der Waals surface area contributed by atoms with Gasteiger partial charge in [-0.2, -0.15) is 0 Å². The lowest BCUT2D eigenvalue weighted by molar-refractivity contribution is -0.141. The Balaban J connectivity index is 2.10. The maximum atomic E-state index is 12.5. The van der Waals surface area contributed by atoms with Crippen LogP contribution in [-0.4, -0.2) is 57.8 Å². The summed E-state index contributed by atoms with van der Waals surface area (Å²) in [6.07, 6.45) is 1.18. The molecule has 1 unspecified atom stereocenters. The lowest BCUT2D eigenvalue weighted by Crippen LogP contribution is -2.48. The number of likely N-dealkylation sites (tertiary alicyclic amines) is 1. The maximum absolute atomic E-state index is 12.5. The highest BCUT2D eigenvalue weighted by Gasteiger charge is 2.36. The van der Waals surface area contributed by atoms with Gasteiger partial charge >= 0.3 is 12.0 Å². The highest BCUT2D eigenvalue weighted by Crippen LogP contribution is 2.20. The van der Waals surface area contributed by atoms with Crippen molar-refractivity contribution in [1.29, 1.82) is 0 Å². The van der Waals surface area contributed by atoms with Crippen LogP contribution in [0.3, 0.4) is 0 Å². The minimum Gasteiger partial charge on any atom is -0.480 e. The highest BCUT2D eigenvalue weighted by molar-refractivity contribution is 5.83. The third kappa shape index (κ3) is 3.72. The molecule has 1 aliphatic rings. The van der Waals surface area contributed by atoms with Gasteiger partial charge in [0, 0.05) is 19.6 Å². The molecule has 1 aliphatic heterocycles. The number of urea groups is 1. The number of aliphatic hydroxyl groups excluding tert-OH is 1.